The van der Waals surface area contributed by atoms with Gasteiger partial charge in [-0.05, 0) is 44.5 Å². The Balaban J connectivity index is 1.90. The van der Waals surface area contributed by atoms with E-state index in [-0.39, 0.29) is 24.4 Å². The third kappa shape index (κ3) is 3.79. The number of hydrogen-bond donors (Lipinski definition) is 1. The molecule has 4 heteroatoms. The minimum absolute atomic E-state index is 0.000882. The summed E-state index contributed by atoms with van der Waals surface area (Å²) >= 11 is 0. The maximum atomic E-state index is 13.6. The molecule has 1 heterocycles. The molecule has 1 atom stereocenters. The minimum atomic E-state index is -0.349. The molecule has 3 aromatic carbocycles. The largest absolute Gasteiger partial charge is 0.324 e. The Kier molecular flexibility index (Phi) is 4.93. The lowest BCUT2D eigenvalue weighted by Gasteiger charge is -2.31. The number of nitrogens with one attached hydrogen (secondary N) is 1. The van der Waals surface area contributed by atoms with Gasteiger partial charge in [0.15, 0.2) is 0 Å². The molecule has 1 N–H and O–H groups in total. The van der Waals surface area contributed by atoms with Gasteiger partial charge in [-0.1, -0.05) is 65.2 Å². The summed E-state index contributed by atoms with van der Waals surface area (Å²) in [6, 6.07) is 21.3. The Morgan fingerprint density at radius 2 is 1.59 bits per heavy atom. The van der Waals surface area contributed by atoms with Crippen LogP contribution in [0.2, 0.25) is 0 Å². The smallest absolute Gasteiger partial charge is 0.255 e. The average Bonchev–Trinajstić information content (AvgIpc) is 2.83. The van der Waals surface area contributed by atoms with E-state index in [9.17, 15) is 9.59 Å². The van der Waals surface area contributed by atoms with Gasteiger partial charge >= 0.3 is 0 Å². The quantitative estimate of drug-likeness (QED) is 0.690. The van der Waals surface area contributed by atoms with Crippen molar-refractivity contribution in [3.63, 3.8) is 0 Å². The molecule has 0 fully saturated rings. The molecule has 0 radical (unpaired) electrons. The summed E-state index contributed by atoms with van der Waals surface area (Å²) in [5.74, 6) is -0.332. The van der Waals surface area contributed by atoms with Crippen LogP contribution in [0.15, 0.2) is 66.7 Å². The summed E-state index contributed by atoms with van der Waals surface area (Å²) in [4.78, 5) is 28.0. The van der Waals surface area contributed by atoms with E-state index in [0.29, 0.717) is 5.56 Å². The summed E-state index contributed by atoms with van der Waals surface area (Å²) in [5.41, 5.74) is 6.41. The van der Waals surface area contributed by atoms with Crippen LogP contribution >= 0.6 is 0 Å². The van der Waals surface area contributed by atoms with Crippen LogP contribution in [0.4, 0.5) is 5.69 Å². The number of rotatable bonds is 2. The highest BCUT2D eigenvalue weighted by atomic mass is 16.2. The zero-order chi connectivity index (χ0) is 20.5. The molecule has 0 aliphatic carbocycles. The molecule has 0 spiro atoms. The van der Waals surface area contributed by atoms with E-state index < -0.39 is 0 Å². The number of fused-ring (bicyclic) bond motifs is 1. The van der Waals surface area contributed by atoms with Crippen molar-refractivity contribution < 1.29 is 9.59 Å². The molecule has 0 unspecified atom stereocenters. The SMILES string of the molecule is Cc1cc(C)cc(C(=O)N2CC(=O)Nc3ccc(C)cc3[C@H]2c2ccccc2)c1. The van der Waals surface area contributed by atoms with Gasteiger partial charge in [-0.3, -0.25) is 9.59 Å². The monoisotopic (exact) mass is 384 g/mol. The van der Waals surface area contributed by atoms with Crippen molar-refractivity contribution in [3.05, 3.63) is 100 Å². The fourth-order valence-corrected chi connectivity index (χ4v) is 4.07. The average molecular weight is 384 g/mol. The van der Waals surface area contributed by atoms with Crippen molar-refractivity contribution in [2.24, 2.45) is 0 Å². The van der Waals surface area contributed by atoms with Crippen LogP contribution in [0.5, 0.6) is 0 Å². The van der Waals surface area contributed by atoms with E-state index in [0.717, 1.165) is 33.5 Å². The first kappa shape index (κ1) is 18.9. The first-order valence-corrected chi connectivity index (χ1v) is 9.77. The highest BCUT2D eigenvalue weighted by Gasteiger charge is 2.34. The van der Waals surface area contributed by atoms with Crippen LogP contribution in [0.25, 0.3) is 0 Å². The number of carbonyl (C=O) groups is 2. The zero-order valence-corrected chi connectivity index (χ0v) is 16.9. The minimum Gasteiger partial charge on any atom is -0.324 e. The van der Waals surface area contributed by atoms with E-state index in [1.165, 1.54) is 0 Å². The predicted molar refractivity (Wildman–Crippen MR) is 115 cm³/mol. The van der Waals surface area contributed by atoms with E-state index in [1.807, 2.05) is 81.4 Å². The van der Waals surface area contributed by atoms with Gasteiger partial charge in [0, 0.05) is 16.8 Å². The molecule has 4 nitrogen and oxygen atoms in total. The van der Waals surface area contributed by atoms with Crippen molar-refractivity contribution >= 4 is 17.5 Å². The van der Waals surface area contributed by atoms with Crippen LogP contribution < -0.4 is 5.32 Å². The number of nitrogens with zero attached hydrogens (tertiary/aromatic N) is 1. The molecule has 3 aromatic rings. The predicted octanol–water partition coefficient (Wildman–Crippen LogP) is 4.80. The zero-order valence-electron chi connectivity index (χ0n) is 16.9. The summed E-state index contributed by atoms with van der Waals surface area (Å²) in [5, 5.41) is 2.98. The lowest BCUT2D eigenvalue weighted by Crippen LogP contribution is -2.39. The fourth-order valence-electron chi connectivity index (χ4n) is 4.07. The van der Waals surface area contributed by atoms with Crippen molar-refractivity contribution in [1.29, 1.82) is 0 Å². The normalized spacial score (nSPS) is 16.0. The summed E-state index contributed by atoms with van der Waals surface area (Å²) in [7, 11) is 0. The lowest BCUT2D eigenvalue weighted by atomic mass is 9.94. The van der Waals surface area contributed by atoms with Crippen molar-refractivity contribution in [3.8, 4) is 0 Å². The molecular formula is C25H24N2O2. The second-order valence-corrected chi connectivity index (χ2v) is 7.76. The molecule has 4 rings (SSSR count). The third-order valence-corrected chi connectivity index (χ3v) is 5.25. The van der Waals surface area contributed by atoms with E-state index >= 15 is 0 Å². The molecule has 1 aliphatic rings. The van der Waals surface area contributed by atoms with E-state index in [4.69, 9.17) is 0 Å². The maximum Gasteiger partial charge on any atom is 0.255 e. The molecule has 29 heavy (non-hydrogen) atoms. The lowest BCUT2D eigenvalue weighted by molar-refractivity contribution is -0.117. The Morgan fingerprint density at radius 3 is 2.28 bits per heavy atom. The Labute approximate surface area is 171 Å². The number of aryl methyl sites for hydroxylation is 3. The van der Waals surface area contributed by atoms with Gasteiger partial charge in [0.2, 0.25) is 5.91 Å². The second kappa shape index (κ2) is 7.55. The number of hydrogen-bond acceptors (Lipinski definition) is 2. The number of carbonyl (C=O) groups excluding carboxylic acids is 2. The highest BCUT2D eigenvalue weighted by molar-refractivity contribution is 6.01. The molecule has 0 saturated heterocycles. The van der Waals surface area contributed by atoms with Crippen LogP contribution in [0.1, 0.15) is 44.2 Å². The summed E-state index contributed by atoms with van der Waals surface area (Å²) in [6.45, 7) is 5.97. The van der Waals surface area contributed by atoms with Crippen molar-refractivity contribution in [2.75, 3.05) is 11.9 Å². The van der Waals surface area contributed by atoms with Crippen LogP contribution in [0, 0.1) is 20.8 Å². The molecule has 0 saturated carbocycles. The molecule has 1 aliphatic heterocycles. The van der Waals surface area contributed by atoms with E-state index in [2.05, 4.69) is 11.4 Å². The van der Waals surface area contributed by atoms with Gasteiger partial charge in [-0.25, -0.2) is 0 Å². The summed E-state index contributed by atoms with van der Waals surface area (Å²) in [6.07, 6.45) is 0. The number of amides is 2. The van der Waals surface area contributed by atoms with Crippen LogP contribution in [0.3, 0.4) is 0 Å². The second-order valence-electron chi connectivity index (χ2n) is 7.76. The van der Waals surface area contributed by atoms with Crippen LogP contribution in [-0.2, 0) is 4.79 Å². The van der Waals surface area contributed by atoms with Gasteiger partial charge in [0.05, 0.1) is 6.04 Å². The standard InChI is InChI=1S/C25H24N2O2/c1-16-9-10-22-21(14-16)24(19-7-5-4-6-8-19)27(15-23(28)26-22)25(29)20-12-17(2)11-18(3)13-20/h4-14,24H,15H2,1-3H3,(H,26,28)/t24-/m1/s1. The number of anilines is 1. The van der Waals surface area contributed by atoms with Gasteiger partial charge in [-0.2, -0.15) is 0 Å². The maximum absolute atomic E-state index is 13.6. The Hall–Kier alpha value is -3.40. The van der Waals surface area contributed by atoms with Gasteiger partial charge in [-0.15, -0.1) is 0 Å². The fraction of sp³-hybridized carbons (Fsp3) is 0.200. The summed E-state index contributed by atoms with van der Waals surface area (Å²) < 4.78 is 0. The third-order valence-electron chi connectivity index (χ3n) is 5.25. The molecule has 0 aromatic heterocycles. The van der Waals surface area contributed by atoms with Gasteiger partial charge < -0.3 is 10.2 Å². The van der Waals surface area contributed by atoms with Crippen molar-refractivity contribution in [2.45, 2.75) is 26.8 Å². The van der Waals surface area contributed by atoms with Gasteiger partial charge in [0.1, 0.15) is 6.54 Å². The Morgan fingerprint density at radius 1 is 0.897 bits per heavy atom. The molecule has 146 valence electrons. The highest BCUT2D eigenvalue weighted by Crippen LogP contribution is 2.37. The van der Waals surface area contributed by atoms with Crippen molar-refractivity contribution in [1.82, 2.24) is 4.90 Å². The van der Waals surface area contributed by atoms with Crippen LogP contribution in [-0.4, -0.2) is 23.3 Å². The van der Waals surface area contributed by atoms with E-state index in [1.54, 1.807) is 4.90 Å². The molecular weight excluding hydrogens is 360 g/mol. The topological polar surface area (TPSA) is 49.4 Å². The molecule has 0 bridgehead atoms. The van der Waals surface area contributed by atoms with Gasteiger partial charge in [0.25, 0.3) is 5.91 Å². The number of benzene rings is 3. The Bertz CT molecular complexity index is 1070. The first-order chi connectivity index (χ1) is 13.9. The first-order valence-electron chi connectivity index (χ1n) is 9.77. The molecule has 2 amide bonds.